The van der Waals surface area contributed by atoms with Crippen LogP contribution in [0.5, 0.6) is 0 Å². The van der Waals surface area contributed by atoms with Gasteiger partial charge in [-0.2, -0.15) is 0 Å². The van der Waals surface area contributed by atoms with E-state index < -0.39 is 6.10 Å². The molecule has 6 nitrogen and oxygen atoms in total. The molecule has 0 radical (unpaired) electrons. The molecule has 0 rings (SSSR count). The summed E-state index contributed by atoms with van der Waals surface area (Å²) in [6, 6.07) is 0. The van der Waals surface area contributed by atoms with Crippen molar-refractivity contribution in [2.75, 3.05) is 13.2 Å². The van der Waals surface area contributed by atoms with E-state index in [9.17, 15) is 14.4 Å². The van der Waals surface area contributed by atoms with Gasteiger partial charge in [0.1, 0.15) is 13.2 Å². The first-order valence-electron chi connectivity index (χ1n) is 31.2. The van der Waals surface area contributed by atoms with Gasteiger partial charge in [-0.25, -0.2) is 0 Å². The highest BCUT2D eigenvalue weighted by Gasteiger charge is 2.19. The van der Waals surface area contributed by atoms with Crippen molar-refractivity contribution < 1.29 is 28.6 Å². The molecule has 1 unspecified atom stereocenters. The third kappa shape index (κ3) is 64.4. The highest BCUT2D eigenvalue weighted by atomic mass is 16.6. The Balaban J connectivity index is 4.50. The molecule has 0 aromatic heterocycles. The summed E-state index contributed by atoms with van der Waals surface area (Å²) in [6.45, 7) is 6.15. The van der Waals surface area contributed by atoms with Gasteiger partial charge < -0.3 is 14.2 Å². The average Bonchev–Trinajstić information content (AvgIpc) is 3.47. The van der Waals surface area contributed by atoms with Gasteiger partial charge in [-0.05, 0) is 173 Å². The largest absolute Gasteiger partial charge is 0.462 e. The number of esters is 3. The van der Waals surface area contributed by atoms with Crippen molar-refractivity contribution in [1.82, 2.24) is 0 Å². The van der Waals surface area contributed by atoms with Gasteiger partial charge in [0.15, 0.2) is 6.10 Å². The number of allylic oxidation sites excluding steroid dienone is 36. The first-order chi connectivity index (χ1) is 40.0. The van der Waals surface area contributed by atoms with E-state index in [-0.39, 0.29) is 50.4 Å². The van der Waals surface area contributed by atoms with E-state index in [1.165, 1.54) is 0 Å². The Kier molecular flexibility index (Phi) is 61.1. The summed E-state index contributed by atoms with van der Waals surface area (Å²) in [7, 11) is 0. The predicted octanol–water partition coefficient (Wildman–Crippen LogP) is 21.8. The maximum Gasteiger partial charge on any atom is 0.306 e. The van der Waals surface area contributed by atoms with Gasteiger partial charge in [-0.3, -0.25) is 14.4 Å². The van der Waals surface area contributed by atoms with Crippen LogP contribution in [-0.4, -0.2) is 37.2 Å². The van der Waals surface area contributed by atoms with Gasteiger partial charge in [0, 0.05) is 19.3 Å². The van der Waals surface area contributed by atoms with Crippen molar-refractivity contribution in [1.29, 1.82) is 0 Å². The minimum Gasteiger partial charge on any atom is -0.462 e. The summed E-state index contributed by atoms with van der Waals surface area (Å²) in [5, 5.41) is 0. The Hall–Kier alpha value is -6.27. The third-order valence-electron chi connectivity index (χ3n) is 12.0. The van der Waals surface area contributed by atoms with Gasteiger partial charge in [0.05, 0.1) is 0 Å². The maximum atomic E-state index is 12.9. The van der Waals surface area contributed by atoms with E-state index in [4.69, 9.17) is 14.2 Å². The standard InChI is InChI=1S/C75H110O6/c1-4-7-10-13-16-19-22-25-28-29-30-31-32-33-34-35-36-37-38-39-40-41-42-43-44-45-48-50-53-56-59-62-65-68-74(77)80-71-72(81-75(78)69-66-63-60-57-54-51-47-27-24-21-18-15-12-9-6-3)70-79-73(76)67-64-61-58-55-52-49-46-26-23-20-17-14-11-8-5-2/h7-12,16-21,25-28,30-31,33-34,36-37,39-40,42-43,45-48,52-57,72H,4-6,13-15,22-24,29,32,35,38,41,44,49-51,58-71H2,1-3H3/b10-7-,11-8-,12-9-,19-16-,20-17-,21-18-,28-25-,31-30-,34-33-,37-36-,40-39-,43-42-,46-26-,47-27-,48-45-,55-52-,56-53-,57-54-. The number of rotatable bonds is 53. The molecule has 0 heterocycles. The summed E-state index contributed by atoms with van der Waals surface area (Å²) in [5.41, 5.74) is 0. The Labute approximate surface area is 495 Å². The van der Waals surface area contributed by atoms with E-state index in [1.54, 1.807) is 0 Å². The van der Waals surface area contributed by atoms with Gasteiger partial charge in [-0.1, -0.05) is 240 Å². The van der Waals surface area contributed by atoms with Crippen LogP contribution in [0.15, 0.2) is 219 Å². The lowest BCUT2D eigenvalue weighted by atomic mass is 10.1. The van der Waals surface area contributed by atoms with E-state index >= 15 is 0 Å². The first-order valence-corrected chi connectivity index (χ1v) is 31.2. The van der Waals surface area contributed by atoms with Crippen molar-refractivity contribution >= 4 is 17.9 Å². The topological polar surface area (TPSA) is 78.9 Å². The zero-order valence-corrected chi connectivity index (χ0v) is 50.9. The van der Waals surface area contributed by atoms with Crippen LogP contribution in [0.2, 0.25) is 0 Å². The van der Waals surface area contributed by atoms with Gasteiger partial charge in [0.2, 0.25) is 0 Å². The molecule has 0 saturated heterocycles. The van der Waals surface area contributed by atoms with E-state index in [2.05, 4.69) is 240 Å². The second kappa shape index (κ2) is 66.2. The Morgan fingerprint density at radius 3 is 0.642 bits per heavy atom. The molecule has 0 aliphatic rings. The molecule has 0 saturated carbocycles. The molecule has 0 aliphatic carbocycles. The predicted molar refractivity (Wildman–Crippen MR) is 352 cm³/mol. The molecule has 0 aromatic rings. The quantitative estimate of drug-likeness (QED) is 0.0261. The van der Waals surface area contributed by atoms with Crippen molar-refractivity contribution in [2.24, 2.45) is 0 Å². The molecule has 1 atom stereocenters. The number of unbranched alkanes of at least 4 members (excludes halogenated alkanes) is 6. The van der Waals surface area contributed by atoms with Crippen LogP contribution in [0.1, 0.15) is 213 Å². The van der Waals surface area contributed by atoms with E-state index in [0.717, 1.165) is 154 Å². The summed E-state index contributed by atoms with van der Waals surface area (Å²) < 4.78 is 16.8. The lowest BCUT2D eigenvalue weighted by Crippen LogP contribution is -2.30. The molecule has 446 valence electrons. The summed E-state index contributed by atoms with van der Waals surface area (Å²) in [6.07, 6.45) is 104. The molecule has 6 heteroatoms. The smallest absolute Gasteiger partial charge is 0.306 e. The summed E-state index contributed by atoms with van der Waals surface area (Å²) in [4.78, 5) is 38.2. The highest BCUT2D eigenvalue weighted by molar-refractivity contribution is 5.71. The maximum absolute atomic E-state index is 12.9. The van der Waals surface area contributed by atoms with Gasteiger partial charge in [0.25, 0.3) is 0 Å². The van der Waals surface area contributed by atoms with Gasteiger partial charge in [-0.15, -0.1) is 0 Å². The van der Waals surface area contributed by atoms with Crippen LogP contribution < -0.4 is 0 Å². The molecule has 81 heavy (non-hydrogen) atoms. The second-order valence-electron chi connectivity index (χ2n) is 19.5. The molecule has 0 N–H and O–H groups in total. The van der Waals surface area contributed by atoms with Crippen LogP contribution in [0.3, 0.4) is 0 Å². The van der Waals surface area contributed by atoms with Gasteiger partial charge >= 0.3 is 17.9 Å². The molecule has 0 bridgehead atoms. The zero-order valence-electron chi connectivity index (χ0n) is 50.9. The van der Waals surface area contributed by atoms with Crippen LogP contribution in [0, 0.1) is 0 Å². The first kappa shape index (κ1) is 74.7. The lowest BCUT2D eigenvalue weighted by molar-refractivity contribution is -0.167. The van der Waals surface area contributed by atoms with Crippen molar-refractivity contribution in [3.05, 3.63) is 219 Å². The summed E-state index contributed by atoms with van der Waals surface area (Å²) in [5.74, 6) is -1.08. The number of carbonyl (C=O) groups excluding carboxylic acids is 3. The monoisotopic (exact) mass is 1110 g/mol. The summed E-state index contributed by atoms with van der Waals surface area (Å²) >= 11 is 0. The number of hydrogen-bond acceptors (Lipinski definition) is 6. The van der Waals surface area contributed by atoms with Crippen molar-refractivity contribution in [2.45, 2.75) is 219 Å². The van der Waals surface area contributed by atoms with Crippen LogP contribution in [-0.2, 0) is 28.6 Å². The second-order valence-corrected chi connectivity index (χ2v) is 19.5. The molecule has 0 spiro atoms. The fraction of sp³-hybridized carbons (Fsp3) is 0.480. The van der Waals surface area contributed by atoms with E-state index in [0.29, 0.717) is 19.3 Å². The van der Waals surface area contributed by atoms with Crippen LogP contribution in [0.25, 0.3) is 0 Å². The minimum atomic E-state index is -0.850. The SMILES string of the molecule is CC/C=C\C/C=C\C/C=C\C/C=C\C/C=C\C/C=C\C/C=C\C/C=C\C/C=C\C/C=C\CCCCC(=O)OCC(COC(=O)CCCC/C=C\C/C=C\C/C=C\C/C=C\CC)OC(=O)CCCC/C=C\C/C=C\C/C=C\C/C=C\CC. The Bertz CT molecular complexity index is 2050. The number of carbonyl (C=O) groups is 3. The van der Waals surface area contributed by atoms with E-state index in [1.807, 2.05) is 0 Å². The lowest BCUT2D eigenvalue weighted by Gasteiger charge is -2.18. The average molecular weight is 1110 g/mol. The normalized spacial score (nSPS) is 13.7. The Morgan fingerprint density at radius 2 is 0.432 bits per heavy atom. The molecule has 0 fully saturated rings. The molecule has 0 aliphatic heterocycles. The molecular formula is C75H110O6. The molecule has 0 aromatic carbocycles. The fourth-order valence-electron chi connectivity index (χ4n) is 7.39. The number of hydrogen-bond donors (Lipinski definition) is 0. The van der Waals surface area contributed by atoms with Crippen LogP contribution >= 0.6 is 0 Å². The minimum absolute atomic E-state index is 0.143. The van der Waals surface area contributed by atoms with Crippen molar-refractivity contribution in [3.8, 4) is 0 Å². The zero-order chi connectivity index (χ0) is 58.5. The fourth-order valence-corrected chi connectivity index (χ4v) is 7.39. The van der Waals surface area contributed by atoms with Crippen molar-refractivity contribution in [3.63, 3.8) is 0 Å². The molecular weight excluding hydrogens is 997 g/mol. The highest BCUT2D eigenvalue weighted by Crippen LogP contribution is 2.10. The third-order valence-corrected chi connectivity index (χ3v) is 12.0. The Morgan fingerprint density at radius 1 is 0.247 bits per heavy atom. The van der Waals surface area contributed by atoms with Crippen LogP contribution in [0.4, 0.5) is 0 Å². The molecule has 0 amide bonds. The number of ether oxygens (including phenoxy) is 3.